The molecule has 0 aliphatic heterocycles. The summed E-state index contributed by atoms with van der Waals surface area (Å²) >= 11 is 0. The van der Waals surface area contributed by atoms with Crippen molar-refractivity contribution in [3.63, 3.8) is 0 Å². The lowest BCUT2D eigenvalue weighted by Crippen LogP contribution is -2.45. The number of unbranched alkanes of at least 4 members (excludes halogenated alkanes) is 6. The van der Waals surface area contributed by atoms with Gasteiger partial charge in [0.2, 0.25) is 5.91 Å². The molecule has 3 N–H and O–H groups in total. The number of carbonyl (C=O) groups is 1. The highest BCUT2D eigenvalue weighted by Gasteiger charge is 2.27. The van der Waals surface area contributed by atoms with E-state index in [-0.39, 0.29) is 25.5 Å². The topological polar surface area (TPSA) is 105 Å². The van der Waals surface area contributed by atoms with Crippen molar-refractivity contribution in [3.05, 3.63) is 97.2 Å². The first-order valence-corrected chi connectivity index (χ1v) is 21.1. The lowest BCUT2D eigenvalue weighted by molar-refractivity contribution is -0.870. The predicted molar refractivity (Wildman–Crippen MR) is 221 cm³/mol. The number of rotatable bonds is 33. The van der Waals surface area contributed by atoms with Crippen LogP contribution in [-0.2, 0) is 18.4 Å². The quantitative estimate of drug-likeness (QED) is 0.0267. The summed E-state index contributed by atoms with van der Waals surface area (Å²) in [5.74, 6) is -0.277. The number of nitrogens with one attached hydrogen (secondary N) is 1. The minimum absolute atomic E-state index is 0.0367. The first-order chi connectivity index (χ1) is 25.0. The lowest BCUT2D eigenvalue weighted by atomic mass is 10.1. The van der Waals surface area contributed by atoms with Crippen LogP contribution >= 0.6 is 7.82 Å². The average Bonchev–Trinajstić information content (AvgIpc) is 3.09. The second-order valence-corrected chi connectivity index (χ2v) is 15.4. The summed E-state index contributed by atoms with van der Waals surface area (Å²) in [7, 11) is 1.48. The third kappa shape index (κ3) is 35.8. The number of aliphatic hydroxyl groups excluding tert-OH is 1. The molecule has 296 valence electrons. The molecule has 0 aromatic carbocycles. The number of hydrogen-bond donors (Lipinski definition) is 3. The molecule has 52 heavy (non-hydrogen) atoms. The van der Waals surface area contributed by atoms with Crippen LogP contribution in [-0.4, -0.2) is 73.4 Å². The molecule has 0 heterocycles. The number of amides is 1. The van der Waals surface area contributed by atoms with Crippen molar-refractivity contribution in [3.8, 4) is 0 Å². The molecule has 0 spiro atoms. The predicted octanol–water partition coefficient (Wildman–Crippen LogP) is 10.4. The Morgan fingerprint density at radius 3 is 1.73 bits per heavy atom. The van der Waals surface area contributed by atoms with Crippen LogP contribution in [0.25, 0.3) is 0 Å². The fourth-order valence-corrected chi connectivity index (χ4v) is 5.40. The molecule has 9 heteroatoms. The van der Waals surface area contributed by atoms with Gasteiger partial charge in [-0.05, 0) is 70.6 Å². The first kappa shape index (κ1) is 49.4. The molecule has 0 fully saturated rings. The molecule has 0 radical (unpaired) electrons. The van der Waals surface area contributed by atoms with Crippen LogP contribution < -0.4 is 5.32 Å². The second kappa shape index (κ2) is 34.2. The second-order valence-electron chi connectivity index (χ2n) is 13.9. The van der Waals surface area contributed by atoms with Crippen molar-refractivity contribution >= 4 is 13.7 Å². The molecule has 0 aliphatic carbocycles. The van der Waals surface area contributed by atoms with E-state index in [1.807, 2.05) is 39.4 Å². The molecule has 3 unspecified atom stereocenters. The van der Waals surface area contributed by atoms with E-state index >= 15 is 0 Å². The molecule has 0 rings (SSSR count). The number of allylic oxidation sites excluding steroid dienone is 15. The van der Waals surface area contributed by atoms with Gasteiger partial charge in [0.25, 0.3) is 0 Å². The molecule has 0 aromatic heterocycles. The van der Waals surface area contributed by atoms with Gasteiger partial charge in [-0.25, -0.2) is 4.57 Å². The number of aliphatic hydroxyl groups is 1. The van der Waals surface area contributed by atoms with Crippen LogP contribution in [0, 0.1) is 0 Å². The van der Waals surface area contributed by atoms with Gasteiger partial charge in [-0.3, -0.25) is 13.8 Å². The van der Waals surface area contributed by atoms with E-state index in [0.29, 0.717) is 17.4 Å². The third-order valence-corrected chi connectivity index (χ3v) is 8.79. The first-order valence-electron chi connectivity index (χ1n) is 19.6. The van der Waals surface area contributed by atoms with E-state index in [1.165, 1.54) is 32.1 Å². The Labute approximate surface area is 318 Å². The summed E-state index contributed by atoms with van der Waals surface area (Å²) in [4.78, 5) is 23.0. The number of likely N-dealkylation sites (N-methyl/N-ethyl adjacent to an activating group) is 1. The lowest BCUT2D eigenvalue weighted by Gasteiger charge is -2.25. The zero-order chi connectivity index (χ0) is 38.6. The van der Waals surface area contributed by atoms with Gasteiger partial charge in [0.05, 0.1) is 39.9 Å². The Morgan fingerprint density at radius 2 is 1.17 bits per heavy atom. The van der Waals surface area contributed by atoms with E-state index in [1.54, 1.807) is 6.08 Å². The highest BCUT2D eigenvalue weighted by atomic mass is 31.2. The normalized spacial score (nSPS) is 15.6. The summed E-state index contributed by atoms with van der Waals surface area (Å²) in [5.41, 5.74) is 0. The van der Waals surface area contributed by atoms with Crippen LogP contribution in [0.5, 0.6) is 0 Å². The molecule has 0 aliphatic rings. The van der Waals surface area contributed by atoms with Gasteiger partial charge in [0.15, 0.2) is 0 Å². The summed E-state index contributed by atoms with van der Waals surface area (Å²) in [6, 6.07) is -0.907. The Kier molecular flexibility index (Phi) is 32.5. The van der Waals surface area contributed by atoms with Crippen molar-refractivity contribution in [1.29, 1.82) is 0 Å². The maximum Gasteiger partial charge on any atom is 0.472 e. The van der Waals surface area contributed by atoms with Crippen molar-refractivity contribution in [2.45, 2.75) is 129 Å². The molecular formula is C43H74N2O6P+. The average molecular weight is 746 g/mol. The van der Waals surface area contributed by atoms with Crippen LogP contribution in [0.1, 0.15) is 117 Å². The summed E-state index contributed by atoms with van der Waals surface area (Å²) in [6.45, 7) is 4.55. The van der Waals surface area contributed by atoms with E-state index < -0.39 is 20.0 Å². The van der Waals surface area contributed by atoms with E-state index in [4.69, 9.17) is 9.05 Å². The molecule has 0 saturated carbocycles. The molecular weight excluding hydrogens is 671 g/mol. The van der Waals surface area contributed by atoms with Gasteiger partial charge in [0, 0.05) is 6.42 Å². The van der Waals surface area contributed by atoms with E-state index in [0.717, 1.165) is 57.8 Å². The molecule has 0 aromatic rings. The SMILES string of the molecule is CC/C=C\C/C=C\C/C=C\C/C=C\C/C=C\C/C=C\CCC(=O)NC(COP(=O)(O)OCC[N+](C)(C)C)C(O)/C=C/CC/C=C/CCCCCCC. The Morgan fingerprint density at radius 1 is 0.673 bits per heavy atom. The van der Waals surface area contributed by atoms with Crippen LogP contribution in [0.4, 0.5) is 0 Å². The Hall–Kier alpha value is -2.58. The Balaban J connectivity index is 4.69. The number of quaternary nitrogens is 1. The number of carbonyl (C=O) groups excluding carboxylic acids is 1. The van der Waals surface area contributed by atoms with E-state index in [2.05, 4.69) is 92.1 Å². The zero-order valence-corrected chi connectivity index (χ0v) is 34.1. The fourth-order valence-electron chi connectivity index (χ4n) is 4.66. The largest absolute Gasteiger partial charge is 0.472 e. The number of nitrogens with zero attached hydrogens (tertiary/aromatic N) is 1. The van der Waals surface area contributed by atoms with Crippen molar-refractivity contribution < 1.29 is 32.9 Å². The maximum atomic E-state index is 12.8. The smallest absolute Gasteiger partial charge is 0.387 e. The third-order valence-electron chi connectivity index (χ3n) is 7.80. The summed E-state index contributed by atoms with van der Waals surface area (Å²) < 4.78 is 23.4. The maximum absolute atomic E-state index is 12.8. The number of phosphoric acid groups is 1. The van der Waals surface area contributed by atoms with Crippen molar-refractivity contribution in [1.82, 2.24) is 5.32 Å². The van der Waals surface area contributed by atoms with Crippen LogP contribution in [0.2, 0.25) is 0 Å². The number of phosphoric ester groups is 1. The molecule has 0 saturated heterocycles. The van der Waals surface area contributed by atoms with Crippen LogP contribution in [0.15, 0.2) is 97.2 Å². The fraction of sp³-hybridized carbons (Fsp3) is 0.605. The standard InChI is InChI=1S/C43H73N2O6P/c1-6-8-10-12-14-16-18-19-20-21-22-23-24-25-27-29-31-33-35-37-43(47)44-41(40-51-52(48,49)50-39-38-45(3,4)5)42(46)36-34-32-30-28-26-17-15-13-11-9-7-2/h8,10,14,16,19-20,22-23,25-28,31,33-34,36,41-42,46H,6-7,9,11-13,15,17-18,21,24,29-30,32,35,37-40H2,1-5H3,(H-,44,47,48,49)/p+1/b10-8-,16-14-,20-19-,23-22-,27-25-,28-26+,33-31-,36-34+. The van der Waals surface area contributed by atoms with Crippen molar-refractivity contribution in [2.75, 3.05) is 40.9 Å². The molecule has 1 amide bonds. The monoisotopic (exact) mass is 746 g/mol. The van der Waals surface area contributed by atoms with Gasteiger partial charge in [-0.15, -0.1) is 0 Å². The highest BCUT2D eigenvalue weighted by molar-refractivity contribution is 7.47. The Bertz CT molecular complexity index is 1160. The van der Waals surface area contributed by atoms with Gasteiger partial charge < -0.3 is 19.8 Å². The molecule has 8 nitrogen and oxygen atoms in total. The zero-order valence-electron chi connectivity index (χ0n) is 33.2. The van der Waals surface area contributed by atoms with Gasteiger partial charge >= 0.3 is 7.82 Å². The van der Waals surface area contributed by atoms with Gasteiger partial charge in [-0.2, -0.15) is 0 Å². The highest BCUT2D eigenvalue weighted by Crippen LogP contribution is 2.43. The molecule has 0 bridgehead atoms. The number of hydrogen-bond acceptors (Lipinski definition) is 5. The molecule has 3 atom stereocenters. The minimum atomic E-state index is -4.36. The van der Waals surface area contributed by atoms with Gasteiger partial charge in [-0.1, -0.05) is 137 Å². The van der Waals surface area contributed by atoms with Gasteiger partial charge in [0.1, 0.15) is 13.2 Å². The van der Waals surface area contributed by atoms with Crippen LogP contribution in [0.3, 0.4) is 0 Å². The van der Waals surface area contributed by atoms with E-state index in [9.17, 15) is 19.4 Å². The minimum Gasteiger partial charge on any atom is -0.387 e. The summed E-state index contributed by atoms with van der Waals surface area (Å²) in [6.07, 6.45) is 47.8. The summed E-state index contributed by atoms with van der Waals surface area (Å²) in [5, 5.41) is 13.6. The van der Waals surface area contributed by atoms with Crippen molar-refractivity contribution in [2.24, 2.45) is 0 Å².